The molecule has 1 atom stereocenters. The molecule has 2 amide bonds. The van der Waals surface area contributed by atoms with Crippen LogP contribution in [-0.2, 0) is 22.4 Å². The molecule has 1 aromatic rings. The van der Waals surface area contributed by atoms with Gasteiger partial charge in [0.15, 0.2) is 0 Å². The van der Waals surface area contributed by atoms with Crippen molar-refractivity contribution in [2.24, 2.45) is 0 Å². The summed E-state index contributed by atoms with van der Waals surface area (Å²) in [5.41, 5.74) is 2.68. The molecule has 1 unspecified atom stereocenters. The molecule has 1 aromatic carbocycles. The second-order valence-electron chi connectivity index (χ2n) is 5.33. The Kier molecular flexibility index (Phi) is 3.69. The number of carbonyl (C=O) groups is 2. The lowest BCUT2D eigenvalue weighted by Crippen LogP contribution is -2.58. The van der Waals surface area contributed by atoms with Crippen molar-refractivity contribution in [3.8, 4) is 0 Å². The van der Waals surface area contributed by atoms with E-state index in [9.17, 15) is 9.59 Å². The SMILES string of the molecule is O=C1CNC(C(=O)N2CCc3ccccc3CC2)CN1. The minimum Gasteiger partial charge on any atom is -0.353 e. The molecule has 0 radical (unpaired) electrons. The summed E-state index contributed by atoms with van der Waals surface area (Å²) in [5.74, 6) is 0.0510. The van der Waals surface area contributed by atoms with Crippen LogP contribution < -0.4 is 10.6 Å². The number of benzene rings is 1. The standard InChI is InChI=1S/C15H19N3O2/c19-14-10-16-13(9-17-14)15(20)18-7-5-11-3-1-2-4-12(11)6-8-18/h1-4,13,16H,5-10H2,(H,17,19). The quantitative estimate of drug-likeness (QED) is 0.738. The maximum Gasteiger partial charge on any atom is 0.241 e. The summed E-state index contributed by atoms with van der Waals surface area (Å²) in [6, 6.07) is 8.10. The Balaban J connectivity index is 1.64. The van der Waals surface area contributed by atoms with Crippen molar-refractivity contribution in [3.63, 3.8) is 0 Å². The van der Waals surface area contributed by atoms with E-state index in [1.54, 1.807) is 0 Å². The van der Waals surface area contributed by atoms with Crippen molar-refractivity contribution in [1.82, 2.24) is 15.5 Å². The Morgan fingerprint density at radius 3 is 2.35 bits per heavy atom. The monoisotopic (exact) mass is 273 g/mol. The van der Waals surface area contributed by atoms with Crippen LogP contribution in [0.3, 0.4) is 0 Å². The minimum atomic E-state index is -0.283. The topological polar surface area (TPSA) is 61.4 Å². The lowest BCUT2D eigenvalue weighted by molar-refractivity contribution is -0.134. The zero-order chi connectivity index (χ0) is 13.9. The van der Waals surface area contributed by atoms with Gasteiger partial charge in [0.2, 0.25) is 11.8 Å². The van der Waals surface area contributed by atoms with Gasteiger partial charge in [-0.15, -0.1) is 0 Å². The Morgan fingerprint density at radius 1 is 1.15 bits per heavy atom. The van der Waals surface area contributed by atoms with Crippen LogP contribution in [0.1, 0.15) is 11.1 Å². The number of piperazine rings is 1. The number of hydrogen-bond acceptors (Lipinski definition) is 3. The first-order valence-electron chi connectivity index (χ1n) is 7.10. The molecule has 106 valence electrons. The van der Waals surface area contributed by atoms with E-state index in [1.165, 1.54) is 11.1 Å². The molecule has 2 aliphatic rings. The van der Waals surface area contributed by atoms with Gasteiger partial charge in [0.05, 0.1) is 6.54 Å². The Morgan fingerprint density at radius 2 is 1.80 bits per heavy atom. The average molecular weight is 273 g/mol. The third kappa shape index (κ3) is 2.67. The molecule has 2 aliphatic heterocycles. The third-order valence-corrected chi connectivity index (χ3v) is 4.04. The van der Waals surface area contributed by atoms with Crippen LogP contribution in [0.5, 0.6) is 0 Å². The molecule has 3 rings (SSSR count). The van der Waals surface area contributed by atoms with E-state index in [0.717, 1.165) is 25.9 Å². The summed E-state index contributed by atoms with van der Waals surface area (Å²) in [4.78, 5) is 25.5. The maximum absolute atomic E-state index is 12.5. The number of amides is 2. The molecule has 2 N–H and O–H groups in total. The van der Waals surface area contributed by atoms with Crippen molar-refractivity contribution in [1.29, 1.82) is 0 Å². The minimum absolute atomic E-state index is 0.0441. The lowest BCUT2D eigenvalue weighted by Gasteiger charge is -2.29. The average Bonchev–Trinajstić information content (AvgIpc) is 2.70. The van der Waals surface area contributed by atoms with Gasteiger partial charge in [-0.2, -0.15) is 0 Å². The molecule has 2 heterocycles. The van der Waals surface area contributed by atoms with Crippen LogP contribution in [0.15, 0.2) is 24.3 Å². The molecule has 0 bridgehead atoms. The van der Waals surface area contributed by atoms with E-state index >= 15 is 0 Å². The fourth-order valence-electron chi connectivity index (χ4n) is 2.85. The van der Waals surface area contributed by atoms with Crippen molar-refractivity contribution >= 4 is 11.8 Å². The summed E-state index contributed by atoms with van der Waals surface area (Å²) in [7, 11) is 0. The summed E-state index contributed by atoms with van der Waals surface area (Å²) in [6.45, 7) is 2.12. The maximum atomic E-state index is 12.5. The van der Waals surface area contributed by atoms with Gasteiger partial charge in [0.25, 0.3) is 0 Å². The first kappa shape index (κ1) is 13.1. The fourth-order valence-corrected chi connectivity index (χ4v) is 2.85. The van der Waals surface area contributed by atoms with E-state index in [2.05, 4.69) is 34.9 Å². The first-order chi connectivity index (χ1) is 9.74. The second kappa shape index (κ2) is 5.63. The largest absolute Gasteiger partial charge is 0.353 e. The molecule has 5 heteroatoms. The first-order valence-corrected chi connectivity index (χ1v) is 7.10. The number of carbonyl (C=O) groups excluding carboxylic acids is 2. The fraction of sp³-hybridized carbons (Fsp3) is 0.467. The van der Waals surface area contributed by atoms with Gasteiger partial charge in [-0.05, 0) is 24.0 Å². The highest BCUT2D eigenvalue weighted by atomic mass is 16.2. The predicted molar refractivity (Wildman–Crippen MR) is 75.2 cm³/mol. The molecule has 5 nitrogen and oxygen atoms in total. The Bertz CT molecular complexity index is 493. The van der Waals surface area contributed by atoms with Crippen molar-refractivity contribution < 1.29 is 9.59 Å². The van der Waals surface area contributed by atoms with Crippen LogP contribution in [-0.4, -0.2) is 48.9 Å². The van der Waals surface area contributed by atoms with Crippen LogP contribution >= 0.6 is 0 Å². The molecular formula is C15H19N3O2. The van der Waals surface area contributed by atoms with Gasteiger partial charge in [-0.25, -0.2) is 0 Å². The van der Waals surface area contributed by atoms with E-state index in [4.69, 9.17) is 0 Å². The third-order valence-electron chi connectivity index (χ3n) is 4.04. The van der Waals surface area contributed by atoms with Gasteiger partial charge >= 0.3 is 0 Å². The zero-order valence-corrected chi connectivity index (χ0v) is 11.4. The number of fused-ring (bicyclic) bond motifs is 1. The van der Waals surface area contributed by atoms with Crippen molar-refractivity contribution in [2.45, 2.75) is 18.9 Å². The summed E-state index contributed by atoms with van der Waals surface area (Å²) in [5, 5.41) is 5.74. The van der Waals surface area contributed by atoms with Gasteiger partial charge < -0.3 is 10.2 Å². The molecule has 20 heavy (non-hydrogen) atoms. The molecule has 1 saturated heterocycles. The molecule has 0 aromatic heterocycles. The highest BCUT2D eigenvalue weighted by Gasteiger charge is 2.28. The molecule has 0 spiro atoms. The van der Waals surface area contributed by atoms with Crippen molar-refractivity contribution in [2.75, 3.05) is 26.2 Å². The van der Waals surface area contributed by atoms with Gasteiger partial charge in [0.1, 0.15) is 6.04 Å². The van der Waals surface area contributed by atoms with Crippen LogP contribution in [0, 0.1) is 0 Å². The number of hydrogen-bond donors (Lipinski definition) is 2. The van der Waals surface area contributed by atoms with Gasteiger partial charge in [-0.1, -0.05) is 24.3 Å². The Labute approximate surface area is 118 Å². The predicted octanol–water partition coefficient (Wildman–Crippen LogP) is -0.298. The van der Waals surface area contributed by atoms with E-state index in [1.807, 2.05) is 4.90 Å². The van der Waals surface area contributed by atoms with Crippen molar-refractivity contribution in [3.05, 3.63) is 35.4 Å². The number of rotatable bonds is 1. The number of nitrogens with one attached hydrogen (secondary N) is 2. The second-order valence-corrected chi connectivity index (χ2v) is 5.33. The summed E-state index contributed by atoms with van der Waals surface area (Å²) >= 11 is 0. The van der Waals surface area contributed by atoms with Gasteiger partial charge in [-0.3, -0.25) is 14.9 Å². The highest BCUT2D eigenvalue weighted by molar-refractivity contribution is 5.86. The Hall–Kier alpha value is -1.88. The van der Waals surface area contributed by atoms with Crippen LogP contribution in [0.25, 0.3) is 0 Å². The van der Waals surface area contributed by atoms with Crippen LogP contribution in [0.4, 0.5) is 0 Å². The van der Waals surface area contributed by atoms with E-state index in [-0.39, 0.29) is 24.4 Å². The highest BCUT2D eigenvalue weighted by Crippen LogP contribution is 2.16. The van der Waals surface area contributed by atoms with E-state index < -0.39 is 0 Å². The molecule has 1 fully saturated rings. The van der Waals surface area contributed by atoms with Gasteiger partial charge in [0, 0.05) is 19.6 Å². The number of nitrogens with zero attached hydrogens (tertiary/aromatic N) is 1. The summed E-state index contributed by atoms with van der Waals surface area (Å²) in [6.07, 6.45) is 1.81. The normalized spacial score (nSPS) is 22.7. The summed E-state index contributed by atoms with van der Waals surface area (Å²) < 4.78 is 0. The van der Waals surface area contributed by atoms with E-state index in [0.29, 0.717) is 6.54 Å². The lowest BCUT2D eigenvalue weighted by atomic mass is 10.0. The zero-order valence-electron chi connectivity index (χ0n) is 11.4. The smallest absolute Gasteiger partial charge is 0.241 e. The molecule has 0 saturated carbocycles. The molecular weight excluding hydrogens is 254 g/mol. The molecule has 0 aliphatic carbocycles. The van der Waals surface area contributed by atoms with Crippen LogP contribution in [0.2, 0.25) is 0 Å².